The van der Waals surface area contributed by atoms with Crippen molar-refractivity contribution in [2.75, 3.05) is 11.5 Å². The van der Waals surface area contributed by atoms with Crippen LogP contribution in [-0.2, 0) is 0 Å². The van der Waals surface area contributed by atoms with Crippen LogP contribution in [0.1, 0.15) is 23.2 Å². The summed E-state index contributed by atoms with van der Waals surface area (Å²) in [6.45, 7) is 0. The molecule has 2 nitrogen and oxygen atoms in total. The first-order valence-corrected chi connectivity index (χ1v) is 7.83. The minimum absolute atomic E-state index is 0.0492. The Morgan fingerprint density at radius 2 is 2.35 bits per heavy atom. The first-order valence-electron chi connectivity index (χ1n) is 5.50. The number of carbonyl (C=O) groups is 1. The summed E-state index contributed by atoms with van der Waals surface area (Å²) in [7, 11) is 0. The van der Waals surface area contributed by atoms with Gasteiger partial charge in [0.15, 0.2) is 0 Å². The molecule has 17 heavy (non-hydrogen) atoms. The topological polar surface area (TPSA) is 29.1 Å². The Labute approximate surface area is 119 Å². The van der Waals surface area contributed by atoms with Crippen LogP contribution in [0.4, 0.5) is 0 Å². The van der Waals surface area contributed by atoms with Crippen LogP contribution in [0.5, 0.6) is 0 Å². The molecule has 1 atom stereocenters. The molecule has 1 aliphatic rings. The molecule has 1 heterocycles. The van der Waals surface area contributed by atoms with E-state index in [-0.39, 0.29) is 11.9 Å². The second-order valence-electron chi connectivity index (χ2n) is 4.01. The van der Waals surface area contributed by atoms with Gasteiger partial charge in [-0.15, -0.1) is 0 Å². The van der Waals surface area contributed by atoms with E-state index in [9.17, 15) is 4.79 Å². The van der Waals surface area contributed by atoms with Crippen molar-refractivity contribution in [3.63, 3.8) is 0 Å². The van der Waals surface area contributed by atoms with E-state index >= 15 is 0 Å². The van der Waals surface area contributed by atoms with Gasteiger partial charge in [-0.1, -0.05) is 11.6 Å². The molecule has 0 aliphatic carbocycles. The number of rotatable bonds is 2. The average Bonchev–Trinajstić information content (AvgIpc) is 2.33. The highest BCUT2D eigenvalue weighted by Crippen LogP contribution is 2.22. The van der Waals surface area contributed by atoms with Gasteiger partial charge < -0.3 is 5.32 Å². The third-order valence-corrected chi connectivity index (χ3v) is 4.81. The fourth-order valence-electron chi connectivity index (χ4n) is 1.79. The summed E-state index contributed by atoms with van der Waals surface area (Å²) in [6, 6.07) is 5.54. The first kappa shape index (κ1) is 13.2. The van der Waals surface area contributed by atoms with Crippen molar-refractivity contribution >= 4 is 45.2 Å². The molecule has 2 rings (SSSR count). The summed E-state index contributed by atoms with van der Waals surface area (Å²) in [5, 5.41) is 3.63. The van der Waals surface area contributed by atoms with Crippen LogP contribution in [0.15, 0.2) is 22.7 Å². The van der Waals surface area contributed by atoms with Crippen molar-refractivity contribution in [3.8, 4) is 0 Å². The van der Waals surface area contributed by atoms with Crippen molar-refractivity contribution in [3.05, 3.63) is 33.3 Å². The molecule has 1 amide bonds. The molecular formula is C12H13BrClNOS. The van der Waals surface area contributed by atoms with Gasteiger partial charge in [0, 0.05) is 21.3 Å². The summed E-state index contributed by atoms with van der Waals surface area (Å²) < 4.78 is 0.780. The first-order chi connectivity index (χ1) is 8.16. The van der Waals surface area contributed by atoms with Gasteiger partial charge in [-0.3, -0.25) is 4.79 Å². The van der Waals surface area contributed by atoms with Gasteiger partial charge in [0.1, 0.15) is 0 Å². The Bertz CT molecular complexity index is 421. The number of carbonyl (C=O) groups excluding carboxylic acids is 1. The highest BCUT2D eigenvalue weighted by atomic mass is 79.9. The van der Waals surface area contributed by atoms with Crippen molar-refractivity contribution in [2.45, 2.75) is 18.9 Å². The summed E-state index contributed by atoms with van der Waals surface area (Å²) in [6.07, 6.45) is 2.24. The molecule has 0 aromatic heterocycles. The summed E-state index contributed by atoms with van der Waals surface area (Å²) >= 11 is 11.2. The molecule has 1 aromatic carbocycles. The number of nitrogens with one attached hydrogen (secondary N) is 1. The number of hydrogen-bond acceptors (Lipinski definition) is 2. The predicted molar refractivity (Wildman–Crippen MR) is 77.0 cm³/mol. The van der Waals surface area contributed by atoms with Gasteiger partial charge in [0.25, 0.3) is 5.91 Å². The van der Waals surface area contributed by atoms with Crippen molar-refractivity contribution in [2.24, 2.45) is 0 Å². The Kier molecular flexibility index (Phi) is 4.77. The maximum absolute atomic E-state index is 12.1. The van der Waals surface area contributed by atoms with Gasteiger partial charge in [-0.25, -0.2) is 0 Å². The molecular weight excluding hydrogens is 322 g/mol. The Balaban J connectivity index is 2.05. The van der Waals surface area contributed by atoms with Crippen LogP contribution in [0, 0.1) is 0 Å². The van der Waals surface area contributed by atoms with Crippen LogP contribution in [-0.4, -0.2) is 23.5 Å². The van der Waals surface area contributed by atoms with E-state index in [0.717, 1.165) is 16.6 Å². The molecule has 0 radical (unpaired) electrons. The number of hydrogen-bond donors (Lipinski definition) is 1. The van der Waals surface area contributed by atoms with E-state index in [0.29, 0.717) is 10.6 Å². The largest absolute Gasteiger partial charge is 0.348 e. The zero-order chi connectivity index (χ0) is 12.3. The molecule has 0 spiro atoms. The molecule has 1 unspecified atom stereocenters. The van der Waals surface area contributed by atoms with Gasteiger partial charge in [0.2, 0.25) is 0 Å². The van der Waals surface area contributed by atoms with Crippen LogP contribution < -0.4 is 5.32 Å². The molecule has 1 saturated heterocycles. The zero-order valence-corrected chi connectivity index (χ0v) is 12.4. The van der Waals surface area contributed by atoms with Crippen molar-refractivity contribution in [1.82, 2.24) is 5.32 Å². The molecule has 1 aliphatic heterocycles. The standard InChI is InChI=1S/C12H13BrClNOS/c13-11-4-3-8(14)6-10(11)12(16)15-9-2-1-5-17-7-9/h3-4,6,9H,1-2,5,7H2,(H,15,16). The minimum Gasteiger partial charge on any atom is -0.348 e. The highest BCUT2D eigenvalue weighted by molar-refractivity contribution is 9.10. The zero-order valence-electron chi connectivity index (χ0n) is 9.21. The summed E-state index contributed by atoms with van der Waals surface area (Å²) in [5.74, 6) is 2.16. The van der Waals surface area contributed by atoms with Crippen LogP contribution in [0.2, 0.25) is 5.02 Å². The normalized spacial score (nSPS) is 20.0. The summed E-state index contributed by atoms with van der Waals surface area (Å²) in [4.78, 5) is 12.1. The fraction of sp³-hybridized carbons (Fsp3) is 0.417. The van der Waals surface area contributed by atoms with E-state index in [1.807, 2.05) is 11.8 Å². The lowest BCUT2D eigenvalue weighted by Gasteiger charge is -2.22. The number of halogens is 2. The molecule has 1 fully saturated rings. The van der Waals surface area contributed by atoms with E-state index in [1.54, 1.807) is 18.2 Å². The molecule has 5 heteroatoms. The number of amides is 1. The van der Waals surface area contributed by atoms with Gasteiger partial charge in [-0.05, 0) is 52.7 Å². The quantitative estimate of drug-likeness (QED) is 0.893. The minimum atomic E-state index is -0.0492. The fourth-order valence-corrected chi connectivity index (χ4v) is 3.46. The SMILES string of the molecule is O=C(NC1CCCSC1)c1cc(Cl)ccc1Br. The lowest BCUT2D eigenvalue weighted by atomic mass is 10.1. The maximum Gasteiger partial charge on any atom is 0.252 e. The Hall–Kier alpha value is -0.190. The van der Waals surface area contributed by atoms with Crippen LogP contribution >= 0.6 is 39.3 Å². The lowest BCUT2D eigenvalue weighted by molar-refractivity contribution is 0.0938. The van der Waals surface area contributed by atoms with Gasteiger partial charge in [-0.2, -0.15) is 11.8 Å². The lowest BCUT2D eigenvalue weighted by Crippen LogP contribution is -2.38. The second-order valence-corrected chi connectivity index (χ2v) is 6.45. The van der Waals surface area contributed by atoms with E-state index in [4.69, 9.17) is 11.6 Å². The third-order valence-electron chi connectivity index (χ3n) is 2.67. The summed E-state index contributed by atoms with van der Waals surface area (Å²) in [5.41, 5.74) is 0.605. The van der Waals surface area contributed by atoms with E-state index in [2.05, 4.69) is 21.2 Å². The Morgan fingerprint density at radius 1 is 1.53 bits per heavy atom. The number of benzene rings is 1. The molecule has 0 bridgehead atoms. The smallest absolute Gasteiger partial charge is 0.252 e. The monoisotopic (exact) mass is 333 g/mol. The molecule has 1 aromatic rings. The average molecular weight is 335 g/mol. The van der Waals surface area contributed by atoms with Gasteiger partial charge in [0.05, 0.1) is 5.56 Å². The molecule has 1 N–H and O–H groups in total. The van der Waals surface area contributed by atoms with E-state index < -0.39 is 0 Å². The van der Waals surface area contributed by atoms with Gasteiger partial charge >= 0.3 is 0 Å². The second kappa shape index (κ2) is 6.12. The third kappa shape index (κ3) is 3.63. The van der Waals surface area contributed by atoms with Crippen molar-refractivity contribution in [1.29, 1.82) is 0 Å². The number of thioether (sulfide) groups is 1. The van der Waals surface area contributed by atoms with Crippen molar-refractivity contribution < 1.29 is 4.79 Å². The molecule has 0 saturated carbocycles. The van der Waals surface area contributed by atoms with Crippen LogP contribution in [0.3, 0.4) is 0 Å². The van der Waals surface area contributed by atoms with E-state index in [1.165, 1.54) is 12.2 Å². The Morgan fingerprint density at radius 3 is 3.06 bits per heavy atom. The molecule has 92 valence electrons. The van der Waals surface area contributed by atoms with Crippen LogP contribution in [0.25, 0.3) is 0 Å². The highest BCUT2D eigenvalue weighted by Gasteiger charge is 2.18. The predicted octanol–water partition coefficient (Wildman–Crippen LogP) is 3.73. The maximum atomic E-state index is 12.1.